The van der Waals surface area contributed by atoms with E-state index in [1.165, 1.54) is 0 Å². The second kappa shape index (κ2) is 8.39. The fourth-order valence-corrected chi connectivity index (χ4v) is 3.27. The Morgan fingerprint density at radius 2 is 1.60 bits per heavy atom. The Bertz CT molecular complexity index is 479. The summed E-state index contributed by atoms with van der Waals surface area (Å²) in [6.07, 6.45) is 2.00. The highest BCUT2D eigenvalue weighted by molar-refractivity contribution is 7.88. The van der Waals surface area contributed by atoms with Crippen LogP contribution in [0.4, 0.5) is 0 Å². The Hall–Kier alpha value is -0.910. The van der Waals surface area contributed by atoms with E-state index < -0.39 is 10.0 Å². The smallest absolute Gasteiger partial charge is 0.215 e. The Morgan fingerprint density at radius 3 is 2.10 bits per heavy atom. The van der Waals surface area contributed by atoms with Gasteiger partial charge in [-0.2, -0.15) is 0 Å². The lowest BCUT2D eigenvalue weighted by Crippen LogP contribution is -2.30. The van der Waals surface area contributed by atoms with Crippen LogP contribution >= 0.6 is 0 Å². The van der Waals surface area contributed by atoms with Crippen molar-refractivity contribution in [2.45, 2.75) is 39.0 Å². The minimum Gasteiger partial charge on any atom is -0.316 e. The number of sulfonamides is 1. The van der Waals surface area contributed by atoms with Crippen molar-refractivity contribution in [1.29, 1.82) is 0 Å². The molecule has 0 aliphatic heterocycles. The normalized spacial score (nSPS) is 12.0. The molecule has 0 saturated carbocycles. The Balaban J connectivity index is 2.57. The molecule has 0 bridgehead atoms. The zero-order valence-electron chi connectivity index (χ0n) is 12.6. The van der Waals surface area contributed by atoms with Gasteiger partial charge in [-0.3, -0.25) is 0 Å². The van der Waals surface area contributed by atoms with Crippen LogP contribution < -0.4 is 10.0 Å². The summed E-state index contributed by atoms with van der Waals surface area (Å²) in [5.41, 5.74) is 1.97. The SMILES string of the molecule is CCC(CC)CNS(=O)(=O)Cc1ccc(CNC)cc1. The van der Waals surface area contributed by atoms with Crippen LogP contribution in [0.15, 0.2) is 24.3 Å². The number of hydrogen-bond acceptors (Lipinski definition) is 3. The molecule has 4 nitrogen and oxygen atoms in total. The van der Waals surface area contributed by atoms with Gasteiger partial charge in [0.1, 0.15) is 0 Å². The summed E-state index contributed by atoms with van der Waals surface area (Å²) in [5, 5.41) is 3.07. The number of nitrogens with one attached hydrogen (secondary N) is 2. The lowest BCUT2D eigenvalue weighted by molar-refractivity contribution is 0.478. The van der Waals surface area contributed by atoms with Crippen molar-refractivity contribution in [3.63, 3.8) is 0 Å². The second-order valence-corrected chi connectivity index (χ2v) is 6.94. The van der Waals surface area contributed by atoms with Crippen LogP contribution in [0.5, 0.6) is 0 Å². The molecule has 1 rings (SSSR count). The van der Waals surface area contributed by atoms with Gasteiger partial charge in [0.05, 0.1) is 5.75 Å². The van der Waals surface area contributed by atoms with E-state index in [2.05, 4.69) is 23.9 Å². The lowest BCUT2D eigenvalue weighted by atomic mass is 10.0. The van der Waals surface area contributed by atoms with E-state index in [9.17, 15) is 8.42 Å². The number of hydrogen-bond donors (Lipinski definition) is 2. The van der Waals surface area contributed by atoms with Crippen molar-refractivity contribution in [2.24, 2.45) is 5.92 Å². The third-order valence-corrected chi connectivity index (χ3v) is 4.83. The largest absolute Gasteiger partial charge is 0.316 e. The maximum absolute atomic E-state index is 12.0. The molecule has 20 heavy (non-hydrogen) atoms. The highest BCUT2D eigenvalue weighted by Crippen LogP contribution is 2.10. The Kier molecular flexibility index (Phi) is 7.19. The van der Waals surface area contributed by atoms with Crippen LogP contribution in [0.25, 0.3) is 0 Å². The standard InChI is InChI=1S/C15H26N2O2S/c1-4-13(5-2)11-17-20(18,19)12-15-8-6-14(7-9-15)10-16-3/h6-9,13,16-17H,4-5,10-12H2,1-3H3. The van der Waals surface area contributed by atoms with Gasteiger partial charge in [0.25, 0.3) is 0 Å². The minimum atomic E-state index is -3.24. The van der Waals surface area contributed by atoms with Crippen molar-refractivity contribution in [3.05, 3.63) is 35.4 Å². The fourth-order valence-electron chi connectivity index (χ4n) is 2.05. The topological polar surface area (TPSA) is 58.2 Å². The van der Waals surface area contributed by atoms with Gasteiger partial charge in [-0.25, -0.2) is 13.1 Å². The summed E-state index contributed by atoms with van der Waals surface area (Å²) in [6.45, 7) is 5.50. The van der Waals surface area contributed by atoms with Crippen molar-refractivity contribution >= 4 is 10.0 Å². The molecule has 0 atom stereocenters. The number of rotatable bonds is 9. The molecular formula is C15H26N2O2S. The predicted molar refractivity (Wildman–Crippen MR) is 83.9 cm³/mol. The molecule has 0 spiro atoms. The molecule has 0 saturated heterocycles. The van der Waals surface area contributed by atoms with Crippen LogP contribution in [-0.2, 0) is 22.3 Å². The average molecular weight is 298 g/mol. The number of benzene rings is 1. The average Bonchev–Trinajstić information content (AvgIpc) is 2.42. The molecule has 1 aromatic carbocycles. The monoisotopic (exact) mass is 298 g/mol. The second-order valence-electron chi connectivity index (χ2n) is 5.14. The summed E-state index contributed by atoms with van der Waals surface area (Å²) in [5.74, 6) is 0.468. The molecule has 0 aliphatic rings. The molecule has 0 amide bonds. The van der Waals surface area contributed by atoms with Gasteiger partial charge in [-0.15, -0.1) is 0 Å². The molecule has 0 aromatic heterocycles. The highest BCUT2D eigenvalue weighted by atomic mass is 32.2. The summed E-state index contributed by atoms with van der Waals surface area (Å²) in [7, 11) is -1.35. The molecule has 0 fully saturated rings. The quantitative estimate of drug-likeness (QED) is 0.735. The molecule has 2 N–H and O–H groups in total. The summed E-state index contributed by atoms with van der Waals surface area (Å²) < 4.78 is 26.8. The molecule has 0 heterocycles. The first kappa shape index (κ1) is 17.1. The zero-order chi connectivity index (χ0) is 15.0. The maximum Gasteiger partial charge on any atom is 0.215 e. The summed E-state index contributed by atoms with van der Waals surface area (Å²) >= 11 is 0. The van der Waals surface area contributed by atoms with Gasteiger partial charge in [0.15, 0.2) is 0 Å². The summed E-state index contributed by atoms with van der Waals surface area (Å²) in [6, 6.07) is 7.68. The van der Waals surface area contributed by atoms with Crippen molar-refractivity contribution in [3.8, 4) is 0 Å². The Morgan fingerprint density at radius 1 is 1.05 bits per heavy atom. The fraction of sp³-hybridized carbons (Fsp3) is 0.600. The van der Waals surface area contributed by atoms with Crippen LogP contribution in [0, 0.1) is 5.92 Å². The van der Waals surface area contributed by atoms with Crippen molar-refractivity contribution in [1.82, 2.24) is 10.0 Å². The molecular weight excluding hydrogens is 272 g/mol. The van der Waals surface area contributed by atoms with E-state index in [0.29, 0.717) is 12.5 Å². The van der Waals surface area contributed by atoms with E-state index in [1.54, 1.807) is 0 Å². The van der Waals surface area contributed by atoms with Crippen molar-refractivity contribution in [2.75, 3.05) is 13.6 Å². The highest BCUT2D eigenvalue weighted by Gasteiger charge is 2.13. The van der Waals surface area contributed by atoms with Gasteiger partial charge in [-0.05, 0) is 24.1 Å². The van der Waals surface area contributed by atoms with Crippen LogP contribution in [-0.4, -0.2) is 22.0 Å². The molecule has 5 heteroatoms. The molecule has 1 aromatic rings. The lowest BCUT2D eigenvalue weighted by Gasteiger charge is -2.13. The van der Waals surface area contributed by atoms with E-state index in [0.717, 1.165) is 30.5 Å². The van der Waals surface area contributed by atoms with Gasteiger partial charge < -0.3 is 5.32 Å². The molecule has 114 valence electrons. The first-order valence-corrected chi connectivity index (χ1v) is 8.85. The summed E-state index contributed by atoms with van der Waals surface area (Å²) in [4.78, 5) is 0. The predicted octanol–water partition coefficient (Wildman–Crippen LogP) is 2.26. The zero-order valence-corrected chi connectivity index (χ0v) is 13.5. The molecule has 0 unspecified atom stereocenters. The first-order valence-electron chi connectivity index (χ1n) is 7.20. The van der Waals surface area contributed by atoms with Crippen LogP contribution in [0.1, 0.15) is 37.8 Å². The van der Waals surface area contributed by atoms with Crippen LogP contribution in [0.2, 0.25) is 0 Å². The van der Waals surface area contributed by atoms with Gasteiger partial charge in [-0.1, -0.05) is 51.0 Å². The van der Waals surface area contributed by atoms with E-state index in [1.807, 2.05) is 31.3 Å². The third-order valence-electron chi connectivity index (χ3n) is 3.51. The van der Waals surface area contributed by atoms with Gasteiger partial charge in [0, 0.05) is 13.1 Å². The maximum atomic E-state index is 12.0. The van der Waals surface area contributed by atoms with Crippen molar-refractivity contribution < 1.29 is 8.42 Å². The van der Waals surface area contributed by atoms with Gasteiger partial charge in [0.2, 0.25) is 10.0 Å². The first-order chi connectivity index (χ1) is 9.50. The molecule has 0 aliphatic carbocycles. The minimum absolute atomic E-state index is 0.0486. The van der Waals surface area contributed by atoms with E-state index >= 15 is 0 Å². The van der Waals surface area contributed by atoms with E-state index in [-0.39, 0.29) is 5.75 Å². The molecule has 0 radical (unpaired) electrons. The third kappa shape index (κ3) is 6.03. The Labute approximate surface area is 123 Å². The van der Waals surface area contributed by atoms with Crippen LogP contribution in [0.3, 0.4) is 0 Å². The van der Waals surface area contributed by atoms with Gasteiger partial charge >= 0.3 is 0 Å². The van der Waals surface area contributed by atoms with E-state index in [4.69, 9.17) is 0 Å².